The Kier molecular flexibility index (Phi) is 9.05. The Morgan fingerprint density at radius 1 is 1.02 bits per heavy atom. The van der Waals surface area contributed by atoms with Crippen LogP contribution < -0.4 is 19.7 Å². The highest BCUT2D eigenvalue weighted by atomic mass is 35.5. The number of ether oxygens (including phenoxy) is 2. The highest BCUT2D eigenvalue weighted by Crippen LogP contribution is 2.34. The second-order valence-corrected chi connectivity index (χ2v) is 12.2. The van der Waals surface area contributed by atoms with Gasteiger partial charge in [0, 0.05) is 30.7 Å². The third-order valence-electron chi connectivity index (χ3n) is 8.11. The van der Waals surface area contributed by atoms with Crippen molar-refractivity contribution in [3.63, 3.8) is 0 Å². The van der Waals surface area contributed by atoms with E-state index in [1.165, 1.54) is 0 Å². The number of anilines is 1. The summed E-state index contributed by atoms with van der Waals surface area (Å²) in [6.07, 6.45) is 4.37. The quantitative estimate of drug-likeness (QED) is 0.281. The molecule has 1 aromatic heterocycles. The number of aliphatic hydroxyl groups excluding tert-OH is 1. The van der Waals surface area contributed by atoms with Crippen molar-refractivity contribution in [2.24, 2.45) is 5.92 Å². The zero-order valence-electron chi connectivity index (χ0n) is 23.4. The standard InChI is InChI=1S/C32H36Cl2N4O4/c33-23-7-9-25(10-8-23)42-30-5-3-4-29(36-30)38-17-14-22(19-38)32(40)35-27(20-37-15-1-2-16-37)31(39)21-6-13-28(26(34)18-21)41-24-11-12-24/h3-10,13,18,22,24,27,31,39H,1-2,11-12,14-17,19-20H2,(H,35,40)/t22?,27-,31-/m1/s1. The molecule has 10 heteroatoms. The molecular weight excluding hydrogens is 575 g/mol. The van der Waals surface area contributed by atoms with E-state index in [1.807, 2.05) is 24.3 Å². The molecule has 8 nitrogen and oxygen atoms in total. The molecular formula is C32H36Cl2N4O4. The Labute approximate surface area is 256 Å². The van der Waals surface area contributed by atoms with E-state index >= 15 is 0 Å². The average molecular weight is 612 g/mol. The first-order valence-electron chi connectivity index (χ1n) is 14.7. The lowest BCUT2D eigenvalue weighted by molar-refractivity contribution is -0.126. The maximum Gasteiger partial charge on any atom is 0.225 e. The van der Waals surface area contributed by atoms with Crippen LogP contribution in [0.5, 0.6) is 17.4 Å². The molecule has 3 atom stereocenters. The summed E-state index contributed by atoms with van der Waals surface area (Å²) in [4.78, 5) is 22.6. The third-order valence-corrected chi connectivity index (χ3v) is 8.65. The van der Waals surface area contributed by atoms with Gasteiger partial charge in [0.25, 0.3) is 0 Å². The van der Waals surface area contributed by atoms with Gasteiger partial charge in [-0.2, -0.15) is 4.98 Å². The second-order valence-electron chi connectivity index (χ2n) is 11.4. The number of aromatic nitrogens is 1. The maximum absolute atomic E-state index is 13.6. The number of amides is 1. The molecule has 6 rings (SSSR count). The summed E-state index contributed by atoms with van der Waals surface area (Å²) in [5.74, 6) is 2.24. The minimum absolute atomic E-state index is 0.0610. The first-order valence-corrected chi connectivity index (χ1v) is 15.5. The molecule has 2 N–H and O–H groups in total. The molecule has 0 radical (unpaired) electrons. The summed E-state index contributed by atoms with van der Waals surface area (Å²) in [7, 11) is 0. The van der Waals surface area contributed by atoms with Gasteiger partial charge >= 0.3 is 0 Å². The average Bonchev–Trinajstić information content (AvgIpc) is 3.42. The first kappa shape index (κ1) is 29.1. The molecule has 222 valence electrons. The van der Waals surface area contributed by atoms with E-state index in [9.17, 15) is 9.90 Å². The van der Waals surface area contributed by atoms with Gasteiger partial charge in [0.2, 0.25) is 11.8 Å². The lowest BCUT2D eigenvalue weighted by Gasteiger charge is -2.30. The number of pyridine rings is 1. The molecule has 3 aliphatic rings. The van der Waals surface area contributed by atoms with Crippen molar-refractivity contribution in [2.75, 3.05) is 37.6 Å². The molecule has 0 spiro atoms. The molecule has 1 unspecified atom stereocenters. The number of carbonyl (C=O) groups is 1. The van der Waals surface area contributed by atoms with E-state index < -0.39 is 12.1 Å². The van der Waals surface area contributed by atoms with Crippen LogP contribution in [0.1, 0.15) is 43.8 Å². The number of hydrogen-bond donors (Lipinski definition) is 2. The van der Waals surface area contributed by atoms with Crippen molar-refractivity contribution >= 4 is 34.9 Å². The summed E-state index contributed by atoms with van der Waals surface area (Å²) < 4.78 is 11.8. The molecule has 2 saturated heterocycles. The van der Waals surface area contributed by atoms with Crippen LogP contribution in [0, 0.1) is 5.92 Å². The third kappa shape index (κ3) is 7.29. The zero-order chi connectivity index (χ0) is 29.1. The van der Waals surface area contributed by atoms with Gasteiger partial charge in [0.1, 0.15) is 23.4 Å². The molecule has 1 amide bonds. The molecule has 3 fully saturated rings. The summed E-state index contributed by atoms with van der Waals surface area (Å²) in [5, 5.41) is 15.8. The van der Waals surface area contributed by atoms with Gasteiger partial charge in [0.05, 0.1) is 23.1 Å². The van der Waals surface area contributed by atoms with Gasteiger partial charge in [-0.3, -0.25) is 4.79 Å². The van der Waals surface area contributed by atoms with Gasteiger partial charge in [-0.1, -0.05) is 35.3 Å². The number of carbonyl (C=O) groups excluding carboxylic acids is 1. The van der Waals surface area contributed by atoms with E-state index in [0.29, 0.717) is 59.0 Å². The van der Waals surface area contributed by atoms with Gasteiger partial charge < -0.3 is 29.7 Å². The van der Waals surface area contributed by atoms with Crippen LogP contribution >= 0.6 is 23.2 Å². The molecule has 3 aromatic rings. The van der Waals surface area contributed by atoms with Gasteiger partial charge in [0.15, 0.2) is 0 Å². The molecule has 1 aliphatic carbocycles. The second kappa shape index (κ2) is 13.1. The fraction of sp³-hybridized carbons (Fsp3) is 0.438. The number of benzene rings is 2. The van der Waals surface area contributed by atoms with Crippen LogP contribution in [0.3, 0.4) is 0 Å². The van der Waals surface area contributed by atoms with Gasteiger partial charge in [-0.05, 0) is 93.2 Å². The Bertz CT molecular complexity index is 1380. The lowest BCUT2D eigenvalue weighted by atomic mass is 10.00. The van der Waals surface area contributed by atoms with Crippen molar-refractivity contribution < 1.29 is 19.4 Å². The van der Waals surface area contributed by atoms with E-state index in [2.05, 4.69) is 20.1 Å². The molecule has 2 aliphatic heterocycles. The van der Waals surface area contributed by atoms with Crippen LogP contribution in [-0.4, -0.2) is 65.8 Å². The molecule has 3 heterocycles. The van der Waals surface area contributed by atoms with E-state index in [4.69, 9.17) is 32.7 Å². The predicted molar refractivity (Wildman–Crippen MR) is 164 cm³/mol. The highest BCUT2D eigenvalue weighted by molar-refractivity contribution is 6.32. The number of aliphatic hydroxyl groups is 1. The van der Waals surface area contributed by atoms with E-state index in [1.54, 1.807) is 36.4 Å². The number of halogens is 2. The van der Waals surface area contributed by atoms with E-state index in [-0.39, 0.29) is 17.9 Å². The van der Waals surface area contributed by atoms with Gasteiger partial charge in [-0.25, -0.2) is 0 Å². The summed E-state index contributed by atoms with van der Waals surface area (Å²) in [6.45, 7) is 3.74. The van der Waals surface area contributed by atoms with Crippen molar-refractivity contribution in [1.82, 2.24) is 15.2 Å². The topological polar surface area (TPSA) is 87.2 Å². The normalized spacial score (nSPS) is 20.4. The smallest absolute Gasteiger partial charge is 0.225 e. The maximum atomic E-state index is 13.6. The van der Waals surface area contributed by atoms with Crippen molar-refractivity contribution in [3.05, 3.63) is 76.3 Å². The molecule has 1 saturated carbocycles. The fourth-order valence-electron chi connectivity index (χ4n) is 5.61. The Morgan fingerprint density at radius 3 is 2.55 bits per heavy atom. The Hall–Kier alpha value is -3.04. The fourth-order valence-corrected chi connectivity index (χ4v) is 5.96. The number of likely N-dealkylation sites (tertiary alicyclic amines) is 1. The van der Waals surface area contributed by atoms with Crippen LogP contribution in [0.2, 0.25) is 10.0 Å². The van der Waals surface area contributed by atoms with Gasteiger partial charge in [-0.15, -0.1) is 0 Å². The number of hydrogen-bond acceptors (Lipinski definition) is 7. The van der Waals surface area contributed by atoms with Crippen LogP contribution in [-0.2, 0) is 4.79 Å². The Balaban J connectivity index is 1.10. The predicted octanol–water partition coefficient (Wildman–Crippen LogP) is 5.86. The van der Waals surface area contributed by atoms with Crippen LogP contribution in [0.25, 0.3) is 0 Å². The minimum Gasteiger partial charge on any atom is -0.489 e. The SMILES string of the molecule is O=C(N[C@H](CN1CCCC1)[C@H](O)c1ccc(OC2CC2)c(Cl)c1)C1CCN(c2cccc(Oc3ccc(Cl)cc3)n2)C1. The van der Waals surface area contributed by atoms with Crippen molar-refractivity contribution in [2.45, 2.75) is 50.4 Å². The number of rotatable bonds is 11. The van der Waals surface area contributed by atoms with Crippen molar-refractivity contribution in [3.8, 4) is 17.4 Å². The summed E-state index contributed by atoms with van der Waals surface area (Å²) in [6, 6.07) is 17.7. The van der Waals surface area contributed by atoms with Crippen molar-refractivity contribution in [1.29, 1.82) is 0 Å². The van der Waals surface area contributed by atoms with Crippen LogP contribution in [0.4, 0.5) is 5.82 Å². The summed E-state index contributed by atoms with van der Waals surface area (Å²) >= 11 is 12.5. The Morgan fingerprint density at radius 2 is 1.81 bits per heavy atom. The summed E-state index contributed by atoms with van der Waals surface area (Å²) in [5.41, 5.74) is 0.669. The zero-order valence-corrected chi connectivity index (χ0v) is 24.9. The first-order chi connectivity index (χ1) is 20.4. The largest absolute Gasteiger partial charge is 0.489 e. The monoisotopic (exact) mass is 610 g/mol. The number of nitrogens with zero attached hydrogens (tertiary/aromatic N) is 3. The molecule has 0 bridgehead atoms. The highest BCUT2D eigenvalue weighted by Gasteiger charge is 2.34. The minimum atomic E-state index is -0.900. The number of nitrogens with one attached hydrogen (secondary N) is 1. The molecule has 42 heavy (non-hydrogen) atoms. The van der Waals surface area contributed by atoms with Crippen LogP contribution in [0.15, 0.2) is 60.7 Å². The van der Waals surface area contributed by atoms with E-state index in [0.717, 1.165) is 44.6 Å². The molecule has 2 aromatic carbocycles. The lowest BCUT2D eigenvalue weighted by Crippen LogP contribution is -2.48.